The zero-order chi connectivity index (χ0) is 18.0. The molecular formula is C17H20N2O5S. The number of hydrogen-bond donors (Lipinski definition) is 1. The molecule has 7 nitrogen and oxygen atoms in total. The molecule has 25 heavy (non-hydrogen) atoms. The summed E-state index contributed by atoms with van der Waals surface area (Å²) in [5.74, 6) is 1.02. The van der Waals surface area contributed by atoms with Gasteiger partial charge in [-0.1, -0.05) is 12.1 Å². The van der Waals surface area contributed by atoms with E-state index in [2.05, 4.69) is 0 Å². The lowest BCUT2D eigenvalue weighted by Crippen LogP contribution is -2.30. The summed E-state index contributed by atoms with van der Waals surface area (Å²) in [4.78, 5) is 14.2. The van der Waals surface area contributed by atoms with Crippen molar-refractivity contribution in [1.29, 1.82) is 0 Å². The number of carbonyl (C=O) groups is 1. The Kier molecular flexibility index (Phi) is 4.82. The van der Waals surface area contributed by atoms with Gasteiger partial charge in [-0.2, -0.15) is 0 Å². The van der Waals surface area contributed by atoms with Gasteiger partial charge in [0.05, 0.1) is 12.9 Å². The predicted octanol–water partition coefficient (Wildman–Crippen LogP) is 1.71. The van der Waals surface area contributed by atoms with E-state index in [0.29, 0.717) is 31.0 Å². The van der Waals surface area contributed by atoms with E-state index >= 15 is 0 Å². The third kappa shape index (κ3) is 4.21. The summed E-state index contributed by atoms with van der Waals surface area (Å²) >= 11 is 0. The Morgan fingerprint density at radius 2 is 2.16 bits per heavy atom. The number of ether oxygens (including phenoxy) is 1. The molecule has 8 heteroatoms. The average molecular weight is 364 g/mol. The minimum atomic E-state index is -3.53. The van der Waals surface area contributed by atoms with Crippen LogP contribution in [0, 0.1) is 5.92 Å². The Hall–Kier alpha value is -2.32. The normalized spacial score (nSPS) is 17.7. The molecule has 1 amide bonds. The first-order valence-electron chi connectivity index (χ1n) is 7.90. The lowest BCUT2D eigenvalue weighted by atomic mass is 10.1. The number of amides is 1. The van der Waals surface area contributed by atoms with Gasteiger partial charge in [0.15, 0.2) is 5.76 Å². The first-order valence-corrected chi connectivity index (χ1v) is 9.61. The van der Waals surface area contributed by atoms with Gasteiger partial charge >= 0.3 is 0 Å². The number of methoxy groups -OCH3 is 1. The number of benzene rings is 1. The number of nitrogens with zero attached hydrogens (tertiary/aromatic N) is 1. The van der Waals surface area contributed by atoms with E-state index in [9.17, 15) is 13.2 Å². The van der Waals surface area contributed by atoms with Gasteiger partial charge in [0.1, 0.15) is 11.5 Å². The van der Waals surface area contributed by atoms with Gasteiger partial charge in [0, 0.05) is 18.7 Å². The van der Waals surface area contributed by atoms with Crippen molar-refractivity contribution < 1.29 is 22.4 Å². The van der Waals surface area contributed by atoms with E-state index in [1.165, 1.54) is 0 Å². The molecule has 1 atom stereocenters. The molecule has 1 saturated heterocycles. The van der Waals surface area contributed by atoms with Crippen LogP contribution in [0.5, 0.6) is 5.75 Å². The van der Waals surface area contributed by atoms with E-state index < -0.39 is 10.0 Å². The molecule has 2 heterocycles. The lowest BCUT2D eigenvalue weighted by Gasteiger charge is -2.14. The minimum Gasteiger partial charge on any atom is -0.497 e. The fourth-order valence-electron chi connectivity index (χ4n) is 3.02. The summed E-state index contributed by atoms with van der Waals surface area (Å²) in [5, 5.41) is 5.08. The topological polar surface area (TPSA) is 103 Å². The monoisotopic (exact) mass is 364 g/mol. The summed E-state index contributed by atoms with van der Waals surface area (Å²) in [6.45, 7) is 0.860. The van der Waals surface area contributed by atoms with Crippen molar-refractivity contribution in [2.24, 2.45) is 11.1 Å². The third-order valence-corrected chi connectivity index (χ3v) is 5.15. The van der Waals surface area contributed by atoms with Crippen molar-refractivity contribution >= 4 is 15.9 Å². The Bertz CT molecular complexity index is 875. The van der Waals surface area contributed by atoms with Gasteiger partial charge in [-0.3, -0.25) is 4.79 Å². The van der Waals surface area contributed by atoms with E-state index in [1.807, 2.05) is 24.3 Å². The van der Waals surface area contributed by atoms with Crippen LogP contribution in [0.3, 0.4) is 0 Å². The first kappa shape index (κ1) is 17.5. The summed E-state index contributed by atoms with van der Waals surface area (Å²) in [6, 6.07) is 10.7. The standard InChI is InChI=1S/C17H20N2O5S/c1-23-14-4-2-3-13(9-14)15-5-6-16(24-15)17(20)19-8-7-12(10-19)11-25(18,21)22/h2-6,9,12H,7-8,10-11H2,1H3,(H2,18,21,22). The predicted molar refractivity (Wildman–Crippen MR) is 92.7 cm³/mol. The zero-order valence-electron chi connectivity index (χ0n) is 13.8. The van der Waals surface area contributed by atoms with Gasteiger partial charge in [-0.15, -0.1) is 0 Å². The van der Waals surface area contributed by atoms with Gasteiger partial charge in [0.25, 0.3) is 5.91 Å². The second-order valence-electron chi connectivity index (χ2n) is 6.13. The highest BCUT2D eigenvalue weighted by atomic mass is 32.2. The molecule has 0 bridgehead atoms. The van der Waals surface area contributed by atoms with Gasteiger partial charge in [0.2, 0.25) is 10.0 Å². The molecule has 0 radical (unpaired) electrons. The van der Waals surface area contributed by atoms with Crippen LogP contribution in [0.1, 0.15) is 17.0 Å². The van der Waals surface area contributed by atoms with E-state index in [1.54, 1.807) is 24.1 Å². The van der Waals surface area contributed by atoms with E-state index in [0.717, 1.165) is 5.56 Å². The molecule has 3 rings (SSSR count). The number of nitrogens with two attached hydrogens (primary N) is 1. The van der Waals surface area contributed by atoms with Crippen molar-refractivity contribution in [3.8, 4) is 17.1 Å². The molecule has 1 aliphatic heterocycles. The molecule has 2 N–H and O–H groups in total. The lowest BCUT2D eigenvalue weighted by molar-refractivity contribution is 0.0757. The molecule has 0 spiro atoms. The number of primary sulfonamides is 1. The number of carbonyl (C=O) groups excluding carboxylic acids is 1. The van der Waals surface area contributed by atoms with Crippen LogP contribution >= 0.6 is 0 Å². The highest BCUT2D eigenvalue weighted by molar-refractivity contribution is 7.89. The minimum absolute atomic E-state index is 0.107. The van der Waals surface area contributed by atoms with Crippen LogP contribution < -0.4 is 9.88 Å². The average Bonchev–Trinajstić information content (AvgIpc) is 3.22. The fourth-order valence-corrected chi connectivity index (χ4v) is 3.95. The molecule has 0 saturated carbocycles. The maximum Gasteiger partial charge on any atom is 0.289 e. The molecule has 1 aromatic heterocycles. The molecular weight excluding hydrogens is 344 g/mol. The van der Waals surface area contributed by atoms with Gasteiger partial charge in [-0.25, -0.2) is 13.6 Å². The van der Waals surface area contributed by atoms with Crippen LogP contribution in [-0.4, -0.2) is 45.2 Å². The molecule has 1 aliphatic rings. The van der Waals surface area contributed by atoms with E-state index in [-0.39, 0.29) is 23.3 Å². The van der Waals surface area contributed by atoms with Crippen LogP contribution in [0.4, 0.5) is 0 Å². The van der Waals surface area contributed by atoms with Crippen LogP contribution in [0.2, 0.25) is 0 Å². The third-order valence-electron chi connectivity index (χ3n) is 4.21. The molecule has 0 aliphatic carbocycles. The molecule has 1 aromatic carbocycles. The maximum atomic E-state index is 12.6. The fraction of sp³-hybridized carbons (Fsp3) is 0.353. The second kappa shape index (κ2) is 6.89. The van der Waals surface area contributed by atoms with Crippen molar-refractivity contribution in [3.63, 3.8) is 0 Å². The summed E-state index contributed by atoms with van der Waals surface area (Å²) in [7, 11) is -1.95. The number of hydrogen-bond acceptors (Lipinski definition) is 5. The highest BCUT2D eigenvalue weighted by Gasteiger charge is 2.30. The number of rotatable bonds is 5. The van der Waals surface area contributed by atoms with Gasteiger partial charge in [-0.05, 0) is 36.6 Å². The van der Waals surface area contributed by atoms with Crippen molar-refractivity contribution in [2.75, 3.05) is 26.0 Å². The van der Waals surface area contributed by atoms with Crippen molar-refractivity contribution in [1.82, 2.24) is 4.90 Å². The van der Waals surface area contributed by atoms with Crippen LogP contribution in [0.25, 0.3) is 11.3 Å². The number of sulfonamides is 1. The summed E-state index contributed by atoms with van der Waals surface area (Å²) in [6.07, 6.45) is 0.617. The van der Waals surface area contributed by atoms with Crippen molar-refractivity contribution in [2.45, 2.75) is 6.42 Å². The Morgan fingerprint density at radius 1 is 1.36 bits per heavy atom. The van der Waals surface area contributed by atoms with Gasteiger partial charge < -0.3 is 14.1 Å². The zero-order valence-corrected chi connectivity index (χ0v) is 14.7. The largest absolute Gasteiger partial charge is 0.497 e. The van der Waals surface area contributed by atoms with Crippen LogP contribution in [0.15, 0.2) is 40.8 Å². The number of furan rings is 1. The Balaban J connectivity index is 1.71. The molecule has 1 fully saturated rings. The summed E-state index contributed by atoms with van der Waals surface area (Å²) < 4.78 is 33.3. The molecule has 134 valence electrons. The molecule has 2 aromatic rings. The SMILES string of the molecule is COc1cccc(-c2ccc(C(=O)N3CCC(CS(N)(=O)=O)C3)o2)c1. The Labute approximate surface area is 146 Å². The maximum absolute atomic E-state index is 12.6. The summed E-state index contributed by atoms with van der Waals surface area (Å²) in [5.41, 5.74) is 0.812. The van der Waals surface area contributed by atoms with Crippen molar-refractivity contribution in [3.05, 3.63) is 42.2 Å². The van der Waals surface area contributed by atoms with Crippen LogP contribution in [-0.2, 0) is 10.0 Å². The van der Waals surface area contributed by atoms with E-state index in [4.69, 9.17) is 14.3 Å². The number of likely N-dealkylation sites (tertiary alicyclic amines) is 1. The molecule has 1 unspecified atom stereocenters. The smallest absolute Gasteiger partial charge is 0.289 e. The Morgan fingerprint density at radius 3 is 2.88 bits per heavy atom. The quantitative estimate of drug-likeness (QED) is 0.870. The second-order valence-corrected chi connectivity index (χ2v) is 7.79. The first-order chi connectivity index (χ1) is 11.9. The highest BCUT2D eigenvalue weighted by Crippen LogP contribution is 2.27.